The number of nitrogens with zero attached hydrogens (tertiary/aromatic N) is 4. The second-order valence-electron chi connectivity index (χ2n) is 10.8. The van der Waals surface area contributed by atoms with Crippen LogP contribution in [0.5, 0.6) is 0 Å². The molecule has 3 aromatic heterocycles. The molecule has 2 N–H and O–H groups in total. The summed E-state index contributed by atoms with van der Waals surface area (Å²) in [4.78, 5) is 29.9. The fourth-order valence-electron chi connectivity index (χ4n) is 5.56. The minimum atomic E-state index is -4.45. The minimum absolute atomic E-state index is 0.0508. The Balaban J connectivity index is 1.39. The van der Waals surface area contributed by atoms with Gasteiger partial charge in [-0.2, -0.15) is 18.3 Å². The Kier molecular flexibility index (Phi) is 8.16. The molecular weight excluding hydrogens is 577 g/mol. The number of nitrogens with one attached hydrogen (secondary N) is 2. The third kappa shape index (κ3) is 6.67. The van der Waals surface area contributed by atoms with Crippen molar-refractivity contribution in [3.8, 4) is 0 Å². The van der Waals surface area contributed by atoms with Crippen LogP contribution in [0.2, 0.25) is 0 Å². The van der Waals surface area contributed by atoms with Crippen LogP contribution in [0.15, 0.2) is 29.1 Å². The van der Waals surface area contributed by atoms with Crippen LogP contribution >= 0.6 is 0 Å². The molecule has 3 aromatic rings. The molecule has 42 heavy (non-hydrogen) atoms. The topological polar surface area (TPSA) is 114 Å². The van der Waals surface area contributed by atoms with Gasteiger partial charge < -0.3 is 15.2 Å². The second-order valence-corrected chi connectivity index (χ2v) is 10.8. The minimum Gasteiger partial charge on any atom is -0.364 e. The fourth-order valence-corrected chi connectivity index (χ4v) is 5.56. The van der Waals surface area contributed by atoms with Gasteiger partial charge in [-0.1, -0.05) is 5.16 Å². The van der Waals surface area contributed by atoms with Crippen molar-refractivity contribution < 1.29 is 44.8 Å². The van der Waals surface area contributed by atoms with Gasteiger partial charge in [0.15, 0.2) is 5.65 Å². The zero-order valence-corrected chi connectivity index (χ0v) is 22.0. The first-order valence-electron chi connectivity index (χ1n) is 13.4. The number of carbonyl (C=O) groups excluding carboxylic acids is 2. The van der Waals surface area contributed by atoms with E-state index in [1.165, 1.54) is 16.8 Å². The highest BCUT2D eigenvalue weighted by molar-refractivity contribution is 5.95. The number of hydrogen-bond donors (Lipinski definition) is 2. The highest BCUT2D eigenvalue weighted by Crippen LogP contribution is 2.41. The number of carbonyl (C=O) groups is 2. The van der Waals surface area contributed by atoms with Gasteiger partial charge in [0, 0.05) is 31.7 Å². The predicted octanol–water partition coefficient (Wildman–Crippen LogP) is 4.68. The van der Waals surface area contributed by atoms with Gasteiger partial charge in [-0.25, -0.2) is 27.1 Å². The van der Waals surface area contributed by atoms with Crippen LogP contribution in [-0.4, -0.2) is 56.6 Å². The number of fused-ring (bicyclic) bond motifs is 1. The summed E-state index contributed by atoms with van der Waals surface area (Å²) in [5.41, 5.74) is 0.431. The van der Waals surface area contributed by atoms with E-state index < -0.39 is 79.9 Å². The molecule has 5 rings (SSSR count). The lowest BCUT2D eigenvalue weighted by Crippen LogP contribution is -2.47. The van der Waals surface area contributed by atoms with Gasteiger partial charge in [0.05, 0.1) is 36.0 Å². The number of amides is 2. The van der Waals surface area contributed by atoms with E-state index in [4.69, 9.17) is 4.52 Å². The van der Waals surface area contributed by atoms with Crippen LogP contribution in [0.3, 0.4) is 0 Å². The molecule has 0 radical (unpaired) electrons. The first-order valence-corrected chi connectivity index (χ1v) is 13.4. The quantitative estimate of drug-likeness (QED) is 0.361. The Labute approximate surface area is 234 Å². The van der Waals surface area contributed by atoms with Gasteiger partial charge >= 0.3 is 6.18 Å². The smallest absolute Gasteiger partial charge is 0.364 e. The summed E-state index contributed by atoms with van der Waals surface area (Å²) in [7, 11) is 0. The van der Waals surface area contributed by atoms with Crippen LogP contribution in [0, 0.1) is 17.8 Å². The lowest BCUT2D eigenvalue weighted by atomic mass is 9.81. The zero-order valence-electron chi connectivity index (χ0n) is 22.0. The Hall–Kier alpha value is -3.72. The van der Waals surface area contributed by atoms with Crippen molar-refractivity contribution in [2.24, 2.45) is 17.8 Å². The maximum absolute atomic E-state index is 13.9. The first-order chi connectivity index (χ1) is 19.8. The third-order valence-corrected chi connectivity index (χ3v) is 7.85. The first kappa shape index (κ1) is 29.8. The predicted molar refractivity (Wildman–Crippen MR) is 131 cm³/mol. The molecular formula is C26H27F7N6O3. The van der Waals surface area contributed by atoms with Gasteiger partial charge in [0.2, 0.25) is 18.3 Å². The molecule has 0 bridgehead atoms. The Morgan fingerprint density at radius 1 is 1.21 bits per heavy atom. The molecule has 228 valence electrons. The standard InChI is InChI=1S/C26H27F7N6O3/c27-20(28)9-18-17(12-42-38-18)24(41)36-22(13-3-5-25(29,30)6-4-13)19-11-39-21(35-19)2-1-16(37-39)8-14-7-15(26(31,32)33)10-34-23(14)40/h1-2,11-15,20,22H,3-10H2,(H,34,40)(H,36,41)/t14?,15-,22?/m1/s1. The molecule has 1 aliphatic heterocycles. The number of imidazole rings is 1. The molecule has 2 amide bonds. The Bertz CT molecular complexity index is 1430. The molecule has 9 nitrogen and oxygen atoms in total. The Morgan fingerprint density at radius 2 is 1.95 bits per heavy atom. The van der Waals surface area contributed by atoms with Crippen molar-refractivity contribution in [3.63, 3.8) is 0 Å². The molecule has 16 heteroatoms. The summed E-state index contributed by atoms with van der Waals surface area (Å²) in [6.07, 6.45) is -6.80. The highest BCUT2D eigenvalue weighted by Gasteiger charge is 2.45. The molecule has 2 unspecified atom stereocenters. The van der Waals surface area contributed by atoms with E-state index >= 15 is 0 Å². The summed E-state index contributed by atoms with van der Waals surface area (Å²) >= 11 is 0. The van der Waals surface area contributed by atoms with Crippen molar-refractivity contribution in [1.82, 2.24) is 30.4 Å². The number of hydrogen-bond acceptors (Lipinski definition) is 6. The van der Waals surface area contributed by atoms with E-state index in [1.54, 1.807) is 6.07 Å². The van der Waals surface area contributed by atoms with Crippen LogP contribution in [0.25, 0.3) is 5.65 Å². The summed E-state index contributed by atoms with van der Waals surface area (Å²) in [6.45, 7) is -0.477. The van der Waals surface area contributed by atoms with E-state index in [0.717, 1.165) is 6.26 Å². The number of alkyl halides is 7. The van der Waals surface area contributed by atoms with Crippen molar-refractivity contribution in [2.75, 3.05) is 6.54 Å². The van der Waals surface area contributed by atoms with Crippen LogP contribution in [-0.2, 0) is 17.6 Å². The van der Waals surface area contributed by atoms with Crippen LogP contribution in [0.1, 0.15) is 65.6 Å². The lowest BCUT2D eigenvalue weighted by molar-refractivity contribution is -0.183. The van der Waals surface area contributed by atoms with Crippen molar-refractivity contribution in [2.45, 2.75) is 69.5 Å². The summed E-state index contributed by atoms with van der Waals surface area (Å²) < 4.78 is 99.5. The molecule has 1 saturated carbocycles. The molecule has 1 saturated heterocycles. The van der Waals surface area contributed by atoms with Gasteiger partial charge in [0.1, 0.15) is 17.5 Å². The molecule has 0 spiro atoms. The van der Waals surface area contributed by atoms with Gasteiger partial charge in [-0.05, 0) is 37.3 Å². The molecule has 1 aliphatic carbocycles. The molecule has 4 heterocycles. The summed E-state index contributed by atoms with van der Waals surface area (Å²) in [6, 6.07) is 2.17. The van der Waals surface area contributed by atoms with Crippen molar-refractivity contribution in [1.29, 1.82) is 0 Å². The zero-order chi connectivity index (χ0) is 30.2. The molecule has 0 aromatic carbocycles. The van der Waals surface area contributed by atoms with Crippen LogP contribution < -0.4 is 10.6 Å². The van der Waals surface area contributed by atoms with E-state index in [9.17, 15) is 40.3 Å². The average Bonchev–Trinajstić information content (AvgIpc) is 3.54. The third-order valence-electron chi connectivity index (χ3n) is 7.85. The van der Waals surface area contributed by atoms with Gasteiger partial charge in [0.25, 0.3) is 5.91 Å². The van der Waals surface area contributed by atoms with E-state index in [0.29, 0.717) is 11.3 Å². The maximum atomic E-state index is 13.9. The summed E-state index contributed by atoms with van der Waals surface area (Å²) in [5.74, 6) is -7.22. The second kappa shape index (κ2) is 11.5. The van der Waals surface area contributed by atoms with Crippen molar-refractivity contribution >= 4 is 17.5 Å². The van der Waals surface area contributed by atoms with E-state index in [2.05, 4.69) is 25.9 Å². The SMILES string of the molecule is O=C(NC(c1cn2nc(CC3C[C@@H](C(F)(F)F)CNC3=O)ccc2n1)C1CCC(F)(F)CC1)c1conc1CC(F)F. The normalized spacial score (nSPS) is 22.3. The van der Waals surface area contributed by atoms with Crippen LogP contribution in [0.4, 0.5) is 30.7 Å². The van der Waals surface area contributed by atoms with Gasteiger partial charge in [-0.15, -0.1) is 0 Å². The number of piperidine rings is 1. The average molecular weight is 605 g/mol. The molecule has 2 aliphatic rings. The molecule has 2 fully saturated rings. The Morgan fingerprint density at radius 3 is 2.64 bits per heavy atom. The lowest BCUT2D eigenvalue weighted by Gasteiger charge is -2.33. The maximum Gasteiger partial charge on any atom is 0.393 e. The van der Waals surface area contributed by atoms with E-state index in [-0.39, 0.29) is 42.6 Å². The largest absolute Gasteiger partial charge is 0.393 e. The number of rotatable bonds is 8. The summed E-state index contributed by atoms with van der Waals surface area (Å²) in [5, 5.41) is 12.9. The highest BCUT2D eigenvalue weighted by atomic mass is 19.4. The number of halogens is 7. The monoisotopic (exact) mass is 604 g/mol. The van der Waals surface area contributed by atoms with Gasteiger partial charge in [-0.3, -0.25) is 9.59 Å². The van der Waals surface area contributed by atoms with Crippen molar-refractivity contribution in [3.05, 3.63) is 47.2 Å². The fraction of sp³-hybridized carbons (Fsp3) is 0.577. The van der Waals surface area contributed by atoms with E-state index in [1.807, 2.05) is 0 Å². The molecule has 3 atom stereocenters. The number of aromatic nitrogens is 4.